The van der Waals surface area contributed by atoms with Gasteiger partial charge >= 0.3 is 0 Å². The summed E-state index contributed by atoms with van der Waals surface area (Å²) in [5, 5.41) is 2.08. The highest BCUT2D eigenvalue weighted by Crippen LogP contribution is 2.11. The summed E-state index contributed by atoms with van der Waals surface area (Å²) in [7, 11) is -3.72. The van der Waals surface area contributed by atoms with Crippen LogP contribution in [0.25, 0.3) is 0 Å². The van der Waals surface area contributed by atoms with Crippen molar-refractivity contribution in [2.24, 2.45) is 0 Å². The molecule has 0 aliphatic carbocycles. The van der Waals surface area contributed by atoms with Gasteiger partial charge in [-0.15, -0.1) is 0 Å². The Balaban J connectivity index is 2.12. The standard InChI is InChI=1S/C9H11N3O4S/c13-8-2-1-7(9(14)11-8)12-17(15,16)6-3-4-10-5-6/h3-5,7,10,12H,1-2H2,(H,11,13,14). The van der Waals surface area contributed by atoms with Crippen LogP contribution in [0, 0.1) is 0 Å². The average Bonchev–Trinajstić information content (AvgIpc) is 2.76. The molecule has 17 heavy (non-hydrogen) atoms. The van der Waals surface area contributed by atoms with Gasteiger partial charge in [-0.3, -0.25) is 14.9 Å². The van der Waals surface area contributed by atoms with Gasteiger partial charge < -0.3 is 4.98 Å². The SMILES string of the molecule is O=C1CCC(NS(=O)(=O)c2cc[nH]c2)C(=O)N1. The second-order valence-electron chi connectivity index (χ2n) is 3.67. The van der Waals surface area contributed by atoms with E-state index in [0.29, 0.717) is 0 Å². The lowest BCUT2D eigenvalue weighted by molar-refractivity contribution is -0.134. The minimum absolute atomic E-state index is 0.0576. The lowest BCUT2D eigenvalue weighted by atomic mass is 10.1. The van der Waals surface area contributed by atoms with E-state index in [1.165, 1.54) is 18.5 Å². The van der Waals surface area contributed by atoms with E-state index < -0.39 is 22.0 Å². The van der Waals surface area contributed by atoms with Gasteiger partial charge in [0.05, 0.1) is 4.90 Å². The number of H-pyrrole nitrogens is 1. The Morgan fingerprint density at radius 1 is 1.35 bits per heavy atom. The number of amides is 2. The Hall–Kier alpha value is -1.67. The monoisotopic (exact) mass is 257 g/mol. The van der Waals surface area contributed by atoms with Crippen molar-refractivity contribution in [2.45, 2.75) is 23.8 Å². The van der Waals surface area contributed by atoms with Crippen LogP contribution in [0.15, 0.2) is 23.4 Å². The lowest BCUT2D eigenvalue weighted by Gasteiger charge is -2.21. The molecule has 1 aromatic heterocycles. The number of rotatable bonds is 3. The van der Waals surface area contributed by atoms with Crippen LogP contribution in [0.1, 0.15) is 12.8 Å². The molecule has 0 bridgehead atoms. The van der Waals surface area contributed by atoms with Gasteiger partial charge in [-0.05, 0) is 12.5 Å². The van der Waals surface area contributed by atoms with Crippen molar-refractivity contribution >= 4 is 21.8 Å². The molecule has 8 heteroatoms. The topological polar surface area (TPSA) is 108 Å². The number of hydrogen-bond donors (Lipinski definition) is 3. The Morgan fingerprint density at radius 3 is 2.71 bits per heavy atom. The number of nitrogens with one attached hydrogen (secondary N) is 3. The van der Waals surface area contributed by atoms with Crippen LogP contribution in [0.4, 0.5) is 0 Å². The van der Waals surface area contributed by atoms with E-state index in [2.05, 4.69) is 15.0 Å². The first-order valence-electron chi connectivity index (χ1n) is 4.98. The highest BCUT2D eigenvalue weighted by atomic mass is 32.2. The Kier molecular flexibility index (Phi) is 2.99. The molecule has 0 radical (unpaired) electrons. The maximum absolute atomic E-state index is 11.8. The zero-order valence-corrected chi connectivity index (χ0v) is 9.58. The molecule has 2 heterocycles. The molecule has 92 valence electrons. The highest BCUT2D eigenvalue weighted by molar-refractivity contribution is 7.89. The van der Waals surface area contributed by atoms with Crippen LogP contribution in [-0.2, 0) is 19.6 Å². The third-order valence-corrected chi connectivity index (χ3v) is 3.89. The van der Waals surface area contributed by atoms with Gasteiger partial charge in [-0.2, -0.15) is 4.72 Å². The van der Waals surface area contributed by atoms with Gasteiger partial charge in [0, 0.05) is 18.8 Å². The summed E-state index contributed by atoms with van der Waals surface area (Å²) in [4.78, 5) is 25.0. The number of carbonyl (C=O) groups is 2. The van der Waals surface area contributed by atoms with Crippen LogP contribution in [0.3, 0.4) is 0 Å². The number of hydrogen-bond acceptors (Lipinski definition) is 4. The summed E-state index contributed by atoms with van der Waals surface area (Å²) in [5.41, 5.74) is 0. The van der Waals surface area contributed by atoms with Crippen molar-refractivity contribution in [1.29, 1.82) is 0 Å². The largest absolute Gasteiger partial charge is 0.366 e. The minimum Gasteiger partial charge on any atom is -0.366 e. The molecule has 7 nitrogen and oxygen atoms in total. The number of imide groups is 1. The van der Waals surface area contributed by atoms with E-state index in [9.17, 15) is 18.0 Å². The zero-order chi connectivity index (χ0) is 12.5. The van der Waals surface area contributed by atoms with E-state index in [-0.39, 0.29) is 23.6 Å². The van der Waals surface area contributed by atoms with Crippen molar-refractivity contribution < 1.29 is 18.0 Å². The molecule has 1 aliphatic heterocycles. The molecule has 0 saturated carbocycles. The van der Waals surface area contributed by atoms with Gasteiger partial charge in [0.25, 0.3) is 0 Å². The number of aromatic nitrogens is 1. The molecule has 2 rings (SSSR count). The molecule has 1 aromatic rings. The first-order valence-corrected chi connectivity index (χ1v) is 6.46. The first-order chi connectivity index (χ1) is 7.99. The van der Waals surface area contributed by atoms with Gasteiger partial charge in [-0.1, -0.05) is 0 Å². The molecular formula is C9H11N3O4S. The molecule has 1 unspecified atom stereocenters. The average molecular weight is 257 g/mol. The summed E-state index contributed by atoms with van der Waals surface area (Å²) in [6, 6.07) is 0.487. The smallest absolute Gasteiger partial charge is 0.244 e. The number of aromatic amines is 1. The molecule has 1 fully saturated rings. The van der Waals surface area contributed by atoms with Crippen molar-refractivity contribution in [3.05, 3.63) is 18.5 Å². The molecule has 1 saturated heterocycles. The summed E-state index contributed by atoms with van der Waals surface area (Å²) in [6.07, 6.45) is 3.09. The third-order valence-electron chi connectivity index (χ3n) is 2.42. The Morgan fingerprint density at radius 2 is 2.12 bits per heavy atom. The van der Waals surface area contributed by atoms with E-state index in [1.807, 2.05) is 0 Å². The maximum Gasteiger partial charge on any atom is 0.244 e. The van der Waals surface area contributed by atoms with E-state index in [4.69, 9.17) is 0 Å². The van der Waals surface area contributed by atoms with Crippen molar-refractivity contribution in [3.8, 4) is 0 Å². The molecule has 0 aromatic carbocycles. The third kappa shape index (κ3) is 2.53. The summed E-state index contributed by atoms with van der Waals surface area (Å²) >= 11 is 0. The van der Waals surface area contributed by atoms with Gasteiger partial charge in [0.15, 0.2) is 0 Å². The normalized spacial score (nSPS) is 21.3. The van der Waals surface area contributed by atoms with Gasteiger partial charge in [0.1, 0.15) is 6.04 Å². The van der Waals surface area contributed by atoms with Crippen LogP contribution < -0.4 is 10.0 Å². The summed E-state index contributed by atoms with van der Waals surface area (Å²) < 4.78 is 25.8. The van der Waals surface area contributed by atoms with Crippen molar-refractivity contribution in [1.82, 2.24) is 15.0 Å². The fourth-order valence-electron chi connectivity index (χ4n) is 1.54. The van der Waals surface area contributed by atoms with E-state index in [1.54, 1.807) is 0 Å². The van der Waals surface area contributed by atoms with Gasteiger partial charge in [-0.25, -0.2) is 8.42 Å². The summed E-state index contributed by atoms with van der Waals surface area (Å²) in [6.45, 7) is 0. The summed E-state index contributed by atoms with van der Waals surface area (Å²) in [5.74, 6) is -0.993. The first kappa shape index (κ1) is 11.8. The number of piperidine rings is 1. The highest BCUT2D eigenvalue weighted by Gasteiger charge is 2.30. The second kappa shape index (κ2) is 4.30. The molecule has 1 atom stereocenters. The number of sulfonamides is 1. The van der Waals surface area contributed by atoms with Crippen LogP contribution >= 0.6 is 0 Å². The minimum atomic E-state index is -3.72. The fourth-order valence-corrected chi connectivity index (χ4v) is 2.74. The molecule has 0 spiro atoms. The van der Waals surface area contributed by atoms with E-state index in [0.717, 1.165) is 0 Å². The molecule has 3 N–H and O–H groups in total. The van der Waals surface area contributed by atoms with Gasteiger partial charge in [0.2, 0.25) is 21.8 Å². The maximum atomic E-state index is 11.8. The Labute approximate surface area is 97.6 Å². The zero-order valence-electron chi connectivity index (χ0n) is 8.76. The molecule has 1 aliphatic rings. The predicted octanol–water partition coefficient (Wildman–Crippen LogP) is -0.902. The fraction of sp³-hybridized carbons (Fsp3) is 0.333. The quantitative estimate of drug-likeness (QED) is 0.610. The second-order valence-corrected chi connectivity index (χ2v) is 5.39. The molecular weight excluding hydrogens is 246 g/mol. The predicted molar refractivity (Wildman–Crippen MR) is 57.3 cm³/mol. The van der Waals surface area contributed by atoms with Crippen LogP contribution in [0.2, 0.25) is 0 Å². The van der Waals surface area contributed by atoms with Crippen LogP contribution in [0.5, 0.6) is 0 Å². The van der Waals surface area contributed by atoms with Crippen LogP contribution in [-0.4, -0.2) is 31.3 Å². The van der Waals surface area contributed by atoms with E-state index >= 15 is 0 Å². The number of carbonyl (C=O) groups excluding carboxylic acids is 2. The Bertz CT molecular complexity index is 535. The van der Waals surface area contributed by atoms with Crippen molar-refractivity contribution in [2.75, 3.05) is 0 Å². The lowest BCUT2D eigenvalue weighted by Crippen LogP contribution is -2.52. The van der Waals surface area contributed by atoms with Crippen molar-refractivity contribution in [3.63, 3.8) is 0 Å². The molecule has 2 amide bonds.